The molecule has 0 unspecified atom stereocenters. The van der Waals surface area contributed by atoms with Crippen LogP contribution in [0.5, 0.6) is 0 Å². The number of pyridine rings is 1. The van der Waals surface area contributed by atoms with Crippen LogP contribution >= 0.6 is 0 Å². The number of rotatable bonds is 4. The largest absolute Gasteiger partial charge is 0.395 e. The summed E-state index contributed by atoms with van der Waals surface area (Å²) in [6, 6.07) is 4.33. The van der Waals surface area contributed by atoms with Crippen LogP contribution in [0.25, 0.3) is 0 Å². The number of hydrogen-bond acceptors (Lipinski definition) is 3. The first-order valence-corrected chi connectivity index (χ1v) is 5.77. The molecule has 1 fully saturated rings. The number of nitrogens with zero attached hydrogens (tertiary/aromatic N) is 2. The maximum Gasteiger partial charge on any atom is 0.272 e. The molecule has 0 aromatic carbocycles. The lowest BCUT2D eigenvalue weighted by Crippen LogP contribution is -2.45. The summed E-state index contributed by atoms with van der Waals surface area (Å²) in [7, 11) is 0. The topological polar surface area (TPSA) is 53.4 Å². The molecule has 0 saturated heterocycles. The SMILES string of the molecule is O=C(c1cccc(F)n1)N(CCO)C1CCC1. The van der Waals surface area contributed by atoms with E-state index in [9.17, 15) is 9.18 Å². The Kier molecular flexibility index (Phi) is 3.68. The summed E-state index contributed by atoms with van der Waals surface area (Å²) in [4.78, 5) is 17.3. The van der Waals surface area contributed by atoms with Gasteiger partial charge in [0, 0.05) is 12.6 Å². The van der Waals surface area contributed by atoms with E-state index in [1.54, 1.807) is 4.90 Å². The molecule has 4 nitrogen and oxygen atoms in total. The molecule has 1 N–H and O–H groups in total. The molecule has 0 spiro atoms. The summed E-state index contributed by atoms with van der Waals surface area (Å²) >= 11 is 0. The average Bonchev–Trinajstić information content (AvgIpc) is 2.25. The average molecular weight is 238 g/mol. The quantitative estimate of drug-likeness (QED) is 0.802. The molecule has 1 heterocycles. The summed E-state index contributed by atoms with van der Waals surface area (Å²) in [6.45, 7) is 0.194. The second-order valence-electron chi connectivity index (χ2n) is 4.15. The molecule has 1 aliphatic rings. The van der Waals surface area contributed by atoms with Crippen LogP contribution < -0.4 is 0 Å². The summed E-state index contributed by atoms with van der Waals surface area (Å²) in [5.41, 5.74) is 0.102. The van der Waals surface area contributed by atoms with Gasteiger partial charge in [-0.25, -0.2) is 4.98 Å². The molecule has 1 aliphatic carbocycles. The van der Waals surface area contributed by atoms with Crippen LogP contribution in [0, 0.1) is 5.95 Å². The van der Waals surface area contributed by atoms with Gasteiger partial charge in [-0.3, -0.25) is 4.79 Å². The third kappa shape index (κ3) is 2.61. The fraction of sp³-hybridized carbons (Fsp3) is 0.500. The molecule has 2 rings (SSSR count). The highest BCUT2D eigenvalue weighted by Gasteiger charge is 2.29. The summed E-state index contributed by atoms with van der Waals surface area (Å²) < 4.78 is 12.9. The van der Waals surface area contributed by atoms with Crippen molar-refractivity contribution in [3.05, 3.63) is 29.8 Å². The Balaban J connectivity index is 2.15. The van der Waals surface area contributed by atoms with Crippen molar-refractivity contribution in [3.63, 3.8) is 0 Å². The number of aliphatic hydroxyl groups excluding tert-OH is 1. The van der Waals surface area contributed by atoms with E-state index < -0.39 is 5.95 Å². The highest BCUT2D eigenvalue weighted by atomic mass is 19.1. The minimum absolute atomic E-state index is 0.0858. The zero-order valence-electron chi connectivity index (χ0n) is 9.47. The molecular formula is C12H15FN2O2. The predicted octanol–water partition coefficient (Wildman–Crippen LogP) is 1.21. The van der Waals surface area contributed by atoms with Crippen LogP contribution in [-0.4, -0.2) is 40.1 Å². The Morgan fingerprint density at radius 3 is 2.82 bits per heavy atom. The van der Waals surface area contributed by atoms with Gasteiger partial charge >= 0.3 is 0 Å². The Morgan fingerprint density at radius 1 is 1.53 bits per heavy atom. The number of carbonyl (C=O) groups is 1. The molecule has 0 atom stereocenters. The van der Waals surface area contributed by atoms with Crippen molar-refractivity contribution in [3.8, 4) is 0 Å². The molecule has 1 amide bonds. The van der Waals surface area contributed by atoms with E-state index in [0.29, 0.717) is 0 Å². The first-order valence-electron chi connectivity index (χ1n) is 5.77. The Bertz CT molecular complexity index is 407. The number of aliphatic hydroxyl groups is 1. The second-order valence-corrected chi connectivity index (χ2v) is 4.15. The number of hydrogen-bond donors (Lipinski definition) is 1. The Hall–Kier alpha value is -1.49. The van der Waals surface area contributed by atoms with Crippen molar-refractivity contribution >= 4 is 5.91 Å². The van der Waals surface area contributed by atoms with Gasteiger partial charge in [0.25, 0.3) is 5.91 Å². The fourth-order valence-electron chi connectivity index (χ4n) is 1.93. The standard InChI is InChI=1S/C12H15FN2O2/c13-11-6-2-5-10(14-11)12(17)15(7-8-16)9-3-1-4-9/h2,5-6,9,16H,1,3-4,7-8H2. The molecule has 92 valence electrons. The first-order chi connectivity index (χ1) is 8.22. The van der Waals surface area contributed by atoms with E-state index in [0.717, 1.165) is 19.3 Å². The normalized spacial score (nSPS) is 15.4. The van der Waals surface area contributed by atoms with Gasteiger partial charge in [0.1, 0.15) is 5.69 Å². The second kappa shape index (κ2) is 5.23. The molecule has 5 heteroatoms. The van der Waals surface area contributed by atoms with Crippen molar-refractivity contribution in [1.82, 2.24) is 9.88 Å². The maximum absolute atomic E-state index is 12.9. The zero-order valence-corrected chi connectivity index (χ0v) is 9.47. The number of halogens is 1. The minimum atomic E-state index is -0.659. The smallest absolute Gasteiger partial charge is 0.272 e. The molecule has 1 aromatic rings. The molecule has 0 bridgehead atoms. The van der Waals surface area contributed by atoms with Gasteiger partial charge in [-0.1, -0.05) is 6.07 Å². The number of carbonyl (C=O) groups excluding carboxylic acids is 1. The fourth-order valence-corrected chi connectivity index (χ4v) is 1.93. The molecule has 17 heavy (non-hydrogen) atoms. The van der Waals surface area contributed by atoms with Crippen LogP contribution in [0.15, 0.2) is 18.2 Å². The van der Waals surface area contributed by atoms with Crippen LogP contribution in [0.4, 0.5) is 4.39 Å². The van der Waals surface area contributed by atoms with Crippen LogP contribution in [-0.2, 0) is 0 Å². The van der Waals surface area contributed by atoms with Crippen molar-refractivity contribution in [2.24, 2.45) is 0 Å². The van der Waals surface area contributed by atoms with E-state index in [1.807, 2.05) is 0 Å². The highest BCUT2D eigenvalue weighted by molar-refractivity contribution is 5.92. The molecule has 1 saturated carbocycles. The monoisotopic (exact) mass is 238 g/mol. The third-order valence-corrected chi connectivity index (χ3v) is 3.05. The van der Waals surface area contributed by atoms with Crippen LogP contribution in [0.3, 0.4) is 0 Å². The highest BCUT2D eigenvalue weighted by Crippen LogP contribution is 2.25. The van der Waals surface area contributed by atoms with Gasteiger partial charge in [-0.05, 0) is 31.4 Å². The van der Waals surface area contributed by atoms with Gasteiger partial charge in [0.05, 0.1) is 6.61 Å². The van der Waals surface area contributed by atoms with E-state index >= 15 is 0 Å². The Labute approximate surface area is 99.1 Å². The molecular weight excluding hydrogens is 223 g/mol. The van der Waals surface area contributed by atoms with Crippen molar-refractivity contribution < 1.29 is 14.3 Å². The van der Waals surface area contributed by atoms with E-state index in [4.69, 9.17) is 5.11 Å². The van der Waals surface area contributed by atoms with Crippen molar-refractivity contribution in [1.29, 1.82) is 0 Å². The minimum Gasteiger partial charge on any atom is -0.395 e. The number of amides is 1. The van der Waals surface area contributed by atoms with E-state index in [-0.39, 0.29) is 30.8 Å². The Morgan fingerprint density at radius 2 is 2.29 bits per heavy atom. The summed E-state index contributed by atoms with van der Waals surface area (Å²) in [6.07, 6.45) is 2.98. The molecule has 1 aromatic heterocycles. The molecule has 0 aliphatic heterocycles. The third-order valence-electron chi connectivity index (χ3n) is 3.05. The van der Waals surface area contributed by atoms with E-state index in [1.165, 1.54) is 18.2 Å². The van der Waals surface area contributed by atoms with Gasteiger partial charge in [-0.15, -0.1) is 0 Å². The summed E-state index contributed by atoms with van der Waals surface area (Å²) in [5.74, 6) is -0.961. The maximum atomic E-state index is 12.9. The lowest BCUT2D eigenvalue weighted by atomic mass is 9.91. The lowest BCUT2D eigenvalue weighted by molar-refractivity contribution is 0.0519. The first kappa shape index (κ1) is 12.0. The van der Waals surface area contributed by atoms with Crippen LogP contribution in [0.1, 0.15) is 29.8 Å². The lowest BCUT2D eigenvalue weighted by Gasteiger charge is -2.37. The zero-order chi connectivity index (χ0) is 12.3. The van der Waals surface area contributed by atoms with Gasteiger partial charge in [0.15, 0.2) is 0 Å². The van der Waals surface area contributed by atoms with Gasteiger partial charge in [-0.2, -0.15) is 4.39 Å². The predicted molar refractivity (Wildman–Crippen MR) is 60.0 cm³/mol. The van der Waals surface area contributed by atoms with Gasteiger partial charge in [0.2, 0.25) is 5.95 Å². The van der Waals surface area contributed by atoms with E-state index in [2.05, 4.69) is 4.98 Å². The molecule has 0 radical (unpaired) electrons. The van der Waals surface area contributed by atoms with Gasteiger partial charge < -0.3 is 10.0 Å². The van der Waals surface area contributed by atoms with Crippen molar-refractivity contribution in [2.75, 3.05) is 13.2 Å². The number of aromatic nitrogens is 1. The summed E-state index contributed by atoms with van der Waals surface area (Å²) in [5, 5.41) is 8.97. The van der Waals surface area contributed by atoms with Crippen molar-refractivity contribution in [2.45, 2.75) is 25.3 Å². The van der Waals surface area contributed by atoms with Crippen LogP contribution in [0.2, 0.25) is 0 Å².